The maximum absolute atomic E-state index is 12.0. The van der Waals surface area contributed by atoms with E-state index in [9.17, 15) is 18.3 Å². The number of halogens is 3. The predicted octanol–water partition coefficient (Wildman–Crippen LogP) is 2.98. The van der Waals surface area contributed by atoms with Gasteiger partial charge in [-0.15, -0.1) is 13.2 Å². The zero-order valence-electron chi connectivity index (χ0n) is 11.3. The molecular formula is C14H15F3N2O2. The number of aliphatic hydroxyl groups is 1. The molecule has 7 heteroatoms. The summed E-state index contributed by atoms with van der Waals surface area (Å²) in [4.78, 5) is 0. The molecule has 0 spiro atoms. The van der Waals surface area contributed by atoms with Crippen molar-refractivity contribution in [2.75, 3.05) is 0 Å². The Kier molecular flexibility index (Phi) is 4.52. The molecule has 0 radical (unpaired) electrons. The number of nitrogens with zero attached hydrogens (tertiary/aromatic N) is 2. The van der Waals surface area contributed by atoms with E-state index >= 15 is 0 Å². The Morgan fingerprint density at radius 1 is 1.29 bits per heavy atom. The van der Waals surface area contributed by atoms with Gasteiger partial charge < -0.3 is 9.84 Å². The van der Waals surface area contributed by atoms with Crippen LogP contribution >= 0.6 is 0 Å². The maximum atomic E-state index is 12.0. The highest BCUT2D eigenvalue weighted by atomic mass is 19.4. The first-order valence-corrected chi connectivity index (χ1v) is 6.35. The van der Waals surface area contributed by atoms with Gasteiger partial charge in [0.05, 0.1) is 12.3 Å². The Balaban J connectivity index is 1.91. The molecule has 0 bridgehead atoms. The van der Waals surface area contributed by atoms with E-state index in [1.807, 2.05) is 6.20 Å². The van der Waals surface area contributed by atoms with Crippen LogP contribution in [0.4, 0.5) is 13.2 Å². The smallest absolute Gasteiger partial charge is 0.406 e. The summed E-state index contributed by atoms with van der Waals surface area (Å²) in [6.45, 7) is 0. The van der Waals surface area contributed by atoms with Crippen molar-refractivity contribution in [2.24, 2.45) is 7.05 Å². The molecule has 0 saturated heterocycles. The predicted molar refractivity (Wildman–Crippen MR) is 69.6 cm³/mol. The van der Waals surface area contributed by atoms with E-state index in [-0.39, 0.29) is 5.75 Å². The summed E-state index contributed by atoms with van der Waals surface area (Å²) < 4.78 is 41.5. The van der Waals surface area contributed by atoms with Crippen molar-refractivity contribution < 1.29 is 23.0 Å². The minimum Gasteiger partial charge on any atom is -0.406 e. The number of hydrogen-bond donors (Lipinski definition) is 1. The molecule has 21 heavy (non-hydrogen) atoms. The van der Waals surface area contributed by atoms with Gasteiger partial charge in [0.1, 0.15) is 5.75 Å². The van der Waals surface area contributed by atoms with Gasteiger partial charge >= 0.3 is 6.36 Å². The molecule has 1 heterocycles. The first kappa shape index (κ1) is 15.4. The molecule has 0 aliphatic rings. The molecule has 0 amide bonds. The third-order valence-corrected chi connectivity index (χ3v) is 2.96. The highest BCUT2D eigenvalue weighted by Crippen LogP contribution is 2.25. The van der Waals surface area contributed by atoms with Crippen LogP contribution in [-0.2, 0) is 13.5 Å². The van der Waals surface area contributed by atoms with Crippen LogP contribution in [0, 0.1) is 0 Å². The molecule has 2 rings (SSSR count). The van der Waals surface area contributed by atoms with Gasteiger partial charge in [0.25, 0.3) is 0 Å². The number of aromatic nitrogens is 2. The zero-order chi connectivity index (χ0) is 15.5. The van der Waals surface area contributed by atoms with E-state index in [1.165, 1.54) is 24.3 Å². The lowest BCUT2D eigenvalue weighted by Crippen LogP contribution is -2.17. The van der Waals surface area contributed by atoms with Crippen molar-refractivity contribution >= 4 is 0 Å². The minimum absolute atomic E-state index is 0.300. The number of hydrogen-bond acceptors (Lipinski definition) is 3. The number of benzene rings is 1. The summed E-state index contributed by atoms with van der Waals surface area (Å²) in [5.74, 6) is -0.300. The summed E-state index contributed by atoms with van der Waals surface area (Å²) in [6, 6.07) is 5.23. The highest BCUT2D eigenvalue weighted by Gasteiger charge is 2.31. The summed E-state index contributed by atoms with van der Waals surface area (Å²) in [6.07, 6.45) is -0.786. The van der Waals surface area contributed by atoms with Gasteiger partial charge in [-0.25, -0.2) is 0 Å². The Labute approximate surface area is 119 Å². The van der Waals surface area contributed by atoms with Crippen LogP contribution < -0.4 is 4.74 Å². The molecule has 0 aliphatic carbocycles. The van der Waals surface area contributed by atoms with Crippen LogP contribution in [0.25, 0.3) is 0 Å². The minimum atomic E-state index is -4.71. The molecular weight excluding hydrogens is 285 g/mol. The van der Waals surface area contributed by atoms with Gasteiger partial charge in [-0.3, -0.25) is 4.68 Å². The SMILES string of the molecule is Cn1cc(CCC(O)c2ccc(OC(F)(F)F)cc2)cn1. The second-order valence-electron chi connectivity index (χ2n) is 4.69. The molecule has 1 N–H and O–H groups in total. The average molecular weight is 300 g/mol. The second kappa shape index (κ2) is 6.17. The average Bonchev–Trinajstić information content (AvgIpc) is 2.81. The summed E-state index contributed by atoms with van der Waals surface area (Å²) in [7, 11) is 1.80. The molecule has 2 aromatic rings. The van der Waals surface area contributed by atoms with Gasteiger partial charge in [-0.1, -0.05) is 12.1 Å². The third-order valence-electron chi connectivity index (χ3n) is 2.96. The molecule has 0 aliphatic heterocycles. The van der Waals surface area contributed by atoms with Crippen molar-refractivity contribution in [1.29, 1.82) is 0 Å². The van der Waals surface area contributed by atoms with Crippen molar-refractivity contribution in [3.05, 3.63) is 47.8 Å². The molecule has 114 valence electrons. The van der Waals surface area contributed by atoms with Crippen LogP contribution in [0.3, 0.4) is 0 Å². The van der Waals surface area contributed by atoms with Gasteiger partial charge in [-0.05, 0) is 36.1 Å². The Hall–Kier alpha value is -2.02. The van der Waals surface area contributed by atoms with E-state index < -0.39 is 12.5 Å². The number of aliphatic hydroxyl groups excluding tert-OH is 1. The molecule has 1 aromatic heterocycles. The number of aryl methyl sites for hydroxylation is 2. The Bertz CT molecular complexity index is 579. The first-order chi connectivity index (χ1) is 9.83. The molecule has 4 nitrogen and oxygen atoms in total. The van der Waals surface area contributed by atoms with Crippen LogP contribution in [0.1, 0.15) is 23.7 Å². The quantitative estimate of drug-likeness (QED) is 0.923. The molecule has 1 aromatic carbocycles. The third kappa shape index (κ3) is 4.78. The highest BCUT2D eigenvalue weighted by molar-refractivity contribution is 5.28. The van der Waals surface area contributed by atoms with E-state index in [0.717, 1.165) is 5.56 Å². The number of ether oxygens (including phenoxy) is 1. The summed E-state index contributed by atoms with van der Waals surface area (Å²) in [5, 5.41) is 14.0. The van der Waals surface area contributed by atoms with Crippen molar-refractivity contribution in [3.63, 3.8) is 0 Å². The lowest BCUT2D eigenvalue weighted by molar-refractivity contribution is -0.274. The van der Waals surface area contributed by atoms with Crippen LogP contribution in [0.5, 0.6) is 5.75 Å². The maximum Gasteiger partial charge on any atom is 0.573 e. The second-order valence-corrected chi connectivity index (χ2v) is 4.69. The van der Waals surface area contributed by atoms with E-state index in [0.29, 0.717) is 18.4 Å². The first-order valence-electron chi connectivity index (χ1n) is 6.35. The summed E-state index contributed by atoms with van der Waals surface area (Å²) >= 11 is 0. The Morgan fingerprint density at radius 3 is 2.48 bits per heavy atom. The van der Waals surface area contributed by atoms with Crippen LogP contribution in [-0.4, -0.2) is 21.2 Å². The van der Waals surface area contributed by atoms with Crippen molar-refractivity contribution in [2.45, 2.75) is 25.3 Å². The zero-order valence-corrected chi connectivity index (χ0v) is 11.3. The lowest BCUT2D eigenvalue weighted by Gasteiger charge is -2.12. The molecule has 1 atom stereocenters. The van der Waals surface area contributed by atoms with Gasteiger partial charge in [-0.2, -0.15) is 5.10 Å². The van der Waals surface area contributed by atoms with Gasteiger partial charge in [0, 0.05) is 13.2 Å². The fourth-order valence-electron chi connectivity index (χ4n) is 1.96. The molecule has 0 fully saturated rings. The van der Waals surface area contributed by atoms with Gasteiger partial charge in [0.2, 0.25) is 0 Å². The normalized spacial score (nSPS) is 13.2. The van der Waals surface area contributed by atoms with Crippen LogP contribution in [0.15, 0.2) is 36.7 Å². The van der Waals surface area contributed by atoms with Gasteiger partial charge in [0.15, 0.2) is 0 Å². The van der Waals surface area contributed by atoms with E-state index in [4.69, 9.17) is 0 Å². The Morgan fingerprint density at radius 2 is 1.95 bits per heavy atom. The fraction of sp³-hybridized carbons (Fsp3) is 0.357. The topological polar surface area (TPSA) is 47.3 Å². The van der Waals surface area contributed by atoms with E-state index in [2.05, 4.69) is 9.84 Å². The lowest BCUT2D eigenvalue weighted by atomic mass is 10.0. The molecule has 1 unspecified atom stereocenters. The number of alkyl halides is 3. The van der Waals surface area contributed by atoms with Crippen molar-refractivity contribution in [1.82, 2.24) is 9.78 Å². The summed E-state index contributed by atoms with van der Waals surface area (Å²) in [5.41, 5.74) is 1.54. The van der Waals surface area contributed by atoms with Crippen LogP contribution in [0.2, 0.25) is 0 Å². The number of rotatable bonds is 5. The van der Waals surface area contributed by atoms with Crippen molar-refractivity contribution in [3.8, 4) is 5.75 Å². The standard InChI is InChI=1S/C14H15F3N2O2/c1-19-9-10(8-18-19)2-7-13(20)11-3-5-12(6-4-11)21-14(15,16)17/h3-6,8-9,13,20H,2,7H2,1H3. The van der Waals surface area contributed by atoms with E-state index in [1.54, 1.807) is 17.9 Å². The monoisotopic (exact) mass is 300 g/mol. The largest absolute Gasteiger partial charge is 0.573 e. The molecule has 0 saturated carbocycles. The fourth-order valence-corrected chi connectivity index (χ4v) is 1.96.